The predicted octanol–water partition coefficient (Wildman–Crippen LogP) is 2.24. The summed E-state index contributed by atoms with van der Waals surface area (Å²) in [7, 11) is 0. The van der Waals surface area contributed by atoms with Crippen LogP contribution in [-0.2, 0) is 11.3 Å². The van der Waals surface area contributed by atoms with Gasteiger partial charge in [-0.15, -0.1) is 0 Å². The SMILES string of the molecule is NC(=S)c1cc(COCC(F)F)ccc1F. The van der Waals surface area contributed by atoms with Crippen LogP contribution >= 0.6 is 12.2 Å². The maximum Gasteiger partial charge on any atom is 0.261 e. The first-order valence-electron chi connectivity index (χ1n) is 4.45. The quantitative estimate of drug-likeness (QED) is 0.813. The van der Waals surface area contributed by atoms with Crippen molar-refractivity contribution in [1.82, 2.24) is 0 Å². The van der Waals surface area contributed by atoms with E-state index in [0.29, 0.717) is 5.56 Å². The Morgan fingerprint density at radius 1 is 1.44 bits per heavy atom. The first-order valence-corrected chi connectivity index (χ1v) is 4.85. The highest BCUT2D eigenvalue weighted by atomic mass is 32.1. The molecule has 1 aromatic rings. The summed E-state index contributed by atoms with van der Waals surface area (Å²) in [5.41, 5.74) is 5.93. The zero-order chi connectivity index (χ0) is 12.1. The van der Waals surface area contributed by atoms with Crippen LogP contribution in [0.5, 0.6) is 0 Å². The summed E-state index contributed by atoms with van der Waals surface area (Å²) >= 11 is 4.64. The molecular weight excluding hydrogens is 239 g/mol. The van der Waals surface area contributed by atoms with E-state index in [1.807, 2.05) is 0 Å². The summed E-state index contributed by atoms with van der Waals surface area (Å²) in [6.45, 7) is -0.681. The van der Waals surface area contributed by atoms with Crippen molar-refractivity contribution in [3.63, 3.8) is 0 Å². The third kappa shape index (κ3) is 3.79. The molecule has 0 heterocycles. The number of benzene rings is 1. The molecular formula is C10H10F3NOS. The molecule has 0 bridgehead atoms. The number of thiocarbonyl (C=S) groups is 1. The second kappa shape index (κ2) is 5.81. The Labute approximate surface area is 96.2 Å². The minimum Gasteiger partial charge on any atom is -0.389 e. The van der Waals surface area contributed by atoms with Gasteiger partial charge in [0.1, 0.15) is 17.4 Å². The van der Waals surface area contributed by atoms with Crippen LogP contribution in [0.15, 0.2) is 18.2 Å². The highest BCUT2D eigenvalue weighted by Crippen LogP contribution is 2.12. The molecule has 2 nitrogen and oxygen atoms in total. The van der Waals surface area contributed by atoms with E-state index in [0.717, 1.165) is 0 Å². The first-order chi connectivity index (χ1) is 7.50. The summed E-state index contributed by atoms with van der Waals surface area (Å²) < 4.78 is 41.4. The van der Waals surface area contributed by atoms with Crippen molar-refractivity contribution in [2.75, 3.05) is 6.61 Å². The predicted molar refractivity (Wildman–Crippen MR) is 57.9 cm³/mol. The summed E-state index contributed by atoms with van der Waals surface area (Å²) in [5.74, 6) is -0.537. The number of hydrogen-bond donors (Lipinski definition) is 1. The van der Waals surface area contributed by atoms with Crippen molar-refractivity contribution in [3.8, 4) is 0 Å². The summed E-state index contributed by atoms with van der Waals surface area (Å²) in [5, 5.41) is 0. The molecule has 0 amide bonds. The fraction of sp³-hybridized carbons (Fsp3) is 0.300. The molecule has 1 aromatic carbocycles. The number of alkyl halides is 2. The zero-order valence-corrected chi connectivity index (χ0v) is 9.07. The smallest absolute Gasteiger partial charge is 0.261 e. The Kier molecular flexibility index (Phi) is 4.70. The lowest BCUT2D eigenvalue weighted by atomic mass is 10.1. The number of ether oxygens (including phenoxy) is 1. The van der Waals surface area contributed by atoms with Gasteiger partial charge in [-0.2, -0.15) is 0 Å². The van der Waals surface area contributed by atoms with E-state index in [2.05, 4.69) is 12.2 Å². The molecule has 1 rings (SSSR count). The van der Waals surface area contributed by atoms with Gasteiger partial charge < -0.3 is 10.5 Å². The van der Waals surface area contributed by atoms with E-state index >= 15 is 0 Å². The maximum absolute atomic E-state index is 13.1. The Hall–Kier alpha value is -1.14. The largest absolute Gasteiger partial charge is 0.389 e. The number of hydrogen-bond acceptors (Lipinski definition) is 2. The molecule has 16 heavy (non-hydrogen) atoms. The molecule has 6 heteroatoms. The van der Waals surface area contributed by atoms with Crippen molar-refractivity contribution in [1.29, 1.82) is 0 Å². The van der Waals surface area contributed by atoms with Gasteiger partial charge in [-0.3, -0.25) is 0 Å². The second-order valence-corrected chi connectivity index (χ2v) is 3.52. The van der Waals surface area contributed by atoms with Crippen LogP contribution in [0.2, 0.25) is 0 Å². The van der Waals surface area contributed by atoms with Crippen LogP contribution in [-0.4, -0.2) is 18.0 Å². The molecule has 0 radical (unpaired) electrons. The second-order valence-electron chi connectivity index (χ2n) is 3.08. The normalized spacial score (nSPS) is 10.8. The molecule has 0 aliphatic heterocycles. The average Bonchev–Trinajstić information content (AvgIpc) is 2.19. The van der Waals surface area contributed by atoms with Gasteiger partial charge in [0.15, 0.2) is 0 Å². The van der Waals surface area contributed by atoms with Crippen molar-refractivity contribution < 1.29 is 17.9 Å². The Morgan fingerprint density at radius 2 is 2.12 bits per heavy atom. The number of nitrogens with two attached hydrogens (primary N) is 1. The van der Waals surface area contributed by atoms with Crippen molar-refractivity contribution in [2.24, 2.45) is 5.73 Å². The van der Waals surface area contributed by atoms with Crippen molar-refractivity contribution in [2.45, 2.75) is 13.0 Å². The van der Waals surface area contributed by atoms with Crippen molar-refractivity contribution in [3.05, 3.63) is 35.1 Å². The lowest BCUT2D eigenvalue weighted by Gasteiger charge is -2.06. The standard InChI is InChI=1S/C10H10F3NOS/c11-8-2-1-6(3-7(8)10(14)16)4-15-5-9(12)13/h1-3,9H,4-5H2,(H2,14,16). The molecule has 0 fully saturated rings. The van der Waals surface area contributed by atoms with E-state index in [9.17, 15) is 13.2 Å². The molecule has 0 aliphatic rings. The zero-order valence-electron chi connectivity index (χ0n) is 8.25. The fourth-order valence-corrected chi connectivity index (χ4v) is 1.27. The molecule has 88 valence electrons. The lowest BCUT2D eigenvalue weighted by Crippen LogP contribution is -2.12. The molecule has 0 atom stereocenters. The van der Waals surface area contributed by atoms with Gasteiger partial charge in [0.05, 0.1) is 6.61 Å². The minimum absolute atomic E-state index is 0.0275. The maximum atomic E-state index is 13.1. The van der Waals surface area contributed by atoms with Crippen molar-refractivity contribution >= 4 is 17.2 Å². The van der Waals surface area contributed by atoms with Gasteiger partial charge in [-0.1, -0.05) is 18.3 Å². The topological polar surface area (TPSA) is 35.2 Å². The molecule has 0 saturated heterocycles. The van der Waals surface area contributed by atoms with E-state index in [1.165, 1.54) is 18.2 Å². The minimum atomic E-state index is -2.52. The van der Waals surface area contributed by atoms with Gasteiger partial charge >= 0.3 is 0 Å². The number of rotatable bonds is 5. The van der Waals surface area contributed by atoms with Gasteiger partial charge in [-0.05, 0) is 17.7 Å². The highest BCUT2D eigenvalue weighted by Gasteiger charge is 2.07. The van der Waals surface area contributed by atoms with E-state index < -0.39 is 18.8 Å². The van der Waals surface area contributed by atoms with Crippen LogP contribution < -0.4 is 5.73 Å². The van der Waals surface area contributed by atoms with E-state index in [1.54, 1.807) is 0 Å². The molecule has 0 aliphatic carbocycles. The summed E-state index contributed by atoms with van der Waals surface area (Å²) in [6, 6.07) is 4.00. The van der Waals surface area contributed by atoms with Crippen LogP contribution in [0.1, 0.15) is 11.1 Å². The third-order valence-electron chi connectivity index (χ3n) is 1.81. The first kappa shape index (κ1) is 12.9. The van der Waals surface area contributed by atoms with Gasteiger partial charge in [0.2, 0.25) is 0 Å². The number of halogens is 3. The van der Waals surface area contributed by atoms with Crippen LogP contribution in [0.4, 0.5) is 13.2 Å². The van der Waals surface area contributed by atoms with Crippen LogP contribution in [0.3, 0.4) is 0 Å². The van der Waals surface area contributed by atoms with Crippen LogP contribution in [0, 0.1) is 5.82 Å². The van der Waals surface area contributed by atoms with Crippen LogP contribution in [0.25, 0.3) is 0 Å². The Balaban J connectivity index is 2.68. The highest BCUT2D eigenvalue weighted by molar-refractivity contribution is 7.80. The molecule has 0 aromatic heterocycles. The Morgan fingerprint density at radius 3 is 2.69 bits per heavy atom. The summed E-state index contributed by atoms with van der Waals surface area (Å²) in [6.07, 6.45) is -2.52. The Bertz CT molecular complexity index is 384. The van der Waals surface area contributed by atoms with Gasteiger partial charge in [0, 0.05) is 5.56 Å². The molecule has 0 spiro atoms. The third-order valence-corrected chi connectivity index (χ3v) is 2.03. The monoisotopic (exact) mass is 249 g/mol. The molecule has 2 N–H and O–H groups in total. The van der Waals surface area contributed by atoms with E-state index in [4.69, 9.17) is 10.5 Å². The summed E-state index contributed by atoms with van der Waals surface area (Å²) in [4.78, 5) is -0.0757. The molecule has 0 unspecified atom stereocenters. The molecule has 0 saturated carbocycles. The fourth-order valence-electron chi connectivity index (χ4n) is 1.12. The lowest BCUT2D eigenvalue weighted by molar-refractivity contribution is 0.00986. The van der Waals surface area contributed by atoms with Gasteiger partial charge in [0.25, 0.3) is 6.43 Å². The average molecular weight is 249 g/mol. The van der Waals surface area contributed by atoms with Gasteiger partial charge in [-0.25, -0.2) is 13.2 Å². The van der Waals surface area contributed by atoms with E-state index in [-0.39, 0.29) is 17.2 Å².